The van der Waals surface area contributed by atoms with Gasteiger partial charge in [-0.25, -0.2) is 10.4 Å². The summed E-state index contributed by atoms with van der Waals surface area (Å²) in [7, 11) is 1.80. The highest BCUT2D eigenvalue weighted by Gasteiger charge is 2.31. The standard InChI is InChI=1S/C19H23N5O2/c1-13-7-8-15(26-13)11-23(2)19(25)17-9-14(21-22-17)10-24-12-20-16-5-3-4-6-18(16)24/h3-8,12,14,17,21-22H,9-11H2,1-2H3. The minimum atomic E-state index is -0.240. The van der Waals surface area contributed by atoms with Crippen molar-refractivity contribution in [1.82, 2.24) is 25.3 Å². The van der Waals surface area contributed by atoms with Gasteiger partial charge < -0.3 is 13.9 Å². The first-order valence-electron chi connectivity index (χ1n) is 8.81. The van der Waals surface area contributed by atoms with E-state index in [0.717, 1.165) is 35.5 Å². The molecular formula is C19H23N5O2. The summed E-state index contributed by atoms with van der Waals surface area (Å²) in [6, 6.07) is 11.8. The van der Waals surface area contributed by atoms with E-state index in [9.17, 15) is 4.79 Å². The number of carbonyl (C=O) groups is 1. The predicted octanol–water partition coefficient (Wildman–Crippen LogP) is 1.83. The number of imidazole rings is 1. The Balaban J connectivity index is 1.36. The van der Waals surface area contributed by atoms with Gasteiger partial charge >= 0.3 is 0 Å². The Morgan fingerprint density at radius 3 is 2.96 bits per heavy atom. The van der Waals surface area contributed by atoms with E-state index in [1.54, 1.807) is 11.9 Å². The Kier molecular flexibility index (Phi) is 4.48. The van der Waals surface area contributed by atoms with Gasteiger partial charge in [-0.1, -0.05) is 12.1 Å². The van der Waals surface area contributed by atoms with E-state index in [2.05, 4.69) is 26.5 Å². The molecule has 1 amide bonds. The summed E-state index contributed by atoms with van der Waals surface area (Å²) in [5.41, 5.74) is 8.47. The van der Waals surface area contributed by atoms with E-state index in [-0.39, 0.29) is 18.0 Å². The molecule has 2 N–H and O–H groups in total. The van der Waals surface area contributed by atoms with E-state index in [0.29, 0.717) is 6.54 Å². The molecule has 7 heteroatoms. The van der Waals surface area contributed by atoms with Crippen molar-refractivity contribution in [3.63, 3.8) is 0 Å². The number of carbonyl (C=O) groups excluding carboxylic acids is 1. The van der Waals surface area contributed by atoms with Gasteiger partial charge in [-0.05, 0) is 37.6 Å². The number of likely N-dealkylation sites (N-methyl/N-ethyl adjacent to an activating group) is 1. The maximum Gasteiger partial charge on any atom is 0.241 e. The van der Waals surface area contributed by atoms with Crippen LogP contribution in [0.4, 0.5) is 0 Å². The molecule has 4 rings (SSSR count). The van der Waals surface area contributed by atoms with Crippen LogP contribution in [-0.4, -0.2) is 39.5 Å². The van der Waals surface area contributed by atoms with E-state index >= 15 is 0 Å². The van der Waals surface area contributed by atoms with E-state index < -0.39 is 0 Å². The lowest BCUT2D eigenvalue weighted by Gasteiger charge is -2.19. The zero-order valence-electron chi connectivity index (χ0n) is 15.0. The Morgan fingerprint density at radius 1 is 1.31 bits per heavy atom. The van der Waals surface area contributed by atoms with Gasteiger partial charge in [0.2, 0.25) is 5.91 Å². The highest BCUT2D eigenvalue weighted by Crippen LogP contribution is 2.16. The van der Waals surface area contributed by atoms with Gasteiger partial charge in [0, 0.05) is 19.6 Å². The number of hydrogen-bond acceptors (Lipinski definition) is 5. The third-order valence-corrected chi connectivity index (χ3v) is 4.79. The van der Waals surface area contributed by atoms with Gasteiger partial charge in [0.05, 0.1) is 23.9 Å². The molecule has 2 aromatic heterocycles. The molecule has 1 aromatic carbocycles. The number of furan rings is 1. The summed E-state index contributed by atoms with van der Waals surface area (Å²) in [5.74, 6) is 1.71. The summed E-state index contributed by atoms with van der Waals surface area (Å²) >= 11 is 0. The number of aromatic nitrogens is 2. The zero-order chi connectivity index (χ0) is 18.1. The maximum absolute atomic E-state index is 12.7. The second-order valence-corrected chi connectivity index (χ2v) is 6.87. The smallest absolute Gasteiger partial charge is 0.241 e. The van der Waals surface area contributed by atoms with Crippen LogP contribution in [0.15, 0.2) is 47.1 Å². The number of hydrogen-bond donors (Lipinski definition) is 2. The average molecular weight is 353 g/mol. The number of fused-ring (bicyclic) bond motifs is 1. The summed E-state index contributed by atoms with van der Waals surface area (Å²) in [6.07, 6.45) is 2.58. The van der Waals surface area contributed by atoms with Crippen LogP contribution in [0.1, 0.15) is 17.9 Å². The highest BCUT2D eigenvalue weighted by atomic mass is 16.3. The van der Waals surface area contributed by atoms with Gasteiger partial charge in [0.15, 0.2) is 0 Å². The van der Waals surface area contributed by atoms with Crippen LogP contribution >= 0.6 is 0 Å². The first kappa shape index (κ1) is 16.8. The van der Waals surface area contributed by atoms with Crippen molar-refractivity contribution in [2.45, 2.75) is 38.5 Å². The van der Waals surface area contributed by atoms with Gasteiger partial charge in [-0.3, -0.25) is 10.2 Å². The molecule has 1 aliphatic rings. The molecule has 1 fully saturated rings. The topological polar surface area (TPSA) is 75.3 Å². The molecule has 7 nitrogen and oxygen atoms in total. The van der Waals surface area contributed by atoms with Crippen molar-refractivity contribution < 1.29 is 9.21 Å². The fraction of sp³-hybridized carbons (Fsp3) is 0.368. The van der Waals surface area contributed by atoms with Crippen molar-refractivity contribution >= 4 is 16.9 Å². The summed E-state index contributed by atoms with van der Waals surface area (Å²) < 4.78 is 7.68. The third-order valence-electron chi connectivity index (χ3n) is 4.79. The quantitative estimate of drug-likeness (QED) is 0.732. The summed E-state index contributed by atoms with van der Waals surface area (Å²) in [4.78, 5) is 18.8. The molecule has 2 unspecified atom stereocenters. The summed E-state index contributed by atoms with van der Waals surface area (Å²) in [5, 5.41) is 0. The number of para-hydroxylation sites is 2. The molecule has 1 aliphatic heterocycles. The van der Waals surface area contributed by atoms with Crippen LogP contribution in [0.5, 0.6) is 0 Å². The predicted molar refractivity (Wildman–Crippen MR) is 98.1 cm³/mol. The molecule has 1 saturated heterocycles. The second kappa shape index (κ2) is 6.93. The van der Waals surface area contributed by atoms with Gasteiger partial charge in [-0.15, -0.1) is 0 Å². The molecule has 26 heavy (non-hydrogen) atoms. The van der Waals surface area contributed by atoms with Crippen molar-refractivity contribution in [2.24, 2.45) is 0 Å². The number of aryl methyl sites for hydroxylation is 1. The number of rotatable bonds is 5. The van der Waals surface area contributed by atoms with E-state index in [1.807, 2.05) is 43.6 Å². The first-order valence-corrected chi connectivity index (χ1v) is 8.81. The lowest BCUT2D eigenvalue weighted by molar-refractivity contribution is -0.132. The monoisotopic (exact) mass is 353 g/mol. The third kappa shape index (κ3) is 3.36. The minimum Gasteiger partial charge on any atom is -0.464 e. The Labute approximate surface area is 152 Å². The van der Waals surface area contributed by atoms with Gasteiger partial charge in [0.1, 0.15) is 17.6 Å². The molecule has 0 bridgehead atoms. The van der Waals surface area contributed by atoms with Crippen LogP contribution in [0, 0.1) is 6.92 Å². The number of nitrogens with one attached hydrogen (secondary N) is 2. The van der Waals surface area contributed by atoms with Gasteiger partial charge in [0.25, 0.3) is 0 Å². The zero-order valence-corrected chi connectivity index (χ0v) is 15.0. The molecule has 2 atom stereocenters. The molecule has 0 radical (unpaired) electrons. The van der Waals surface area contributed by atoms with Crippen molar-refractivity contribution in [2.75, 3.05) is 7.05 Å². The van der Waals surface area contributed by atoms with E-state index in [4.69, 9.17) is 4.42 Å². The second-order valence-electron chi connectivity index (χ2n) is 6.87. The summed E-state index contributed by atoms with van der Waals surface area (Å²) in [6.45, 7) is 3.14. The largest absolute Gasteiger partial charge is 0.464 e. The molecule has 0 spiro atoms. The fourth-order valence-corrected chi connectivity index (χ4v) is 3.44. The molecular weight excluding hydrogens is 330 g/mol. The SMILES string of the molecule is Cc1ccc(CN(C)C(=O)C2CC(Cn3cnc4ccccc43)NN2)o1. The van der Waals surface area contributed by atoms with Crippen LogP contribution in [0.2, 0.25) is 0 Å². The van der Waals surface area contributed by atoms with E-state index in [1.165, 1.54) is 0 Å². The van der Waals surface area contributed by atoms with Crippen molar-refractivity contribution in [1.29, 1.82) is 0 Å². The molecule has 3 aromatic rings. The average Bonchev–Trinajstić information content (AvgIpc) is 3.36. The fourth-order valence-electron chi connectivity index (χ4n) is 3.44. The highest BCUT2D eigenvalue weighted by molar-refractivity contribution is 5.82. The van der Waals surface area contributed by atoms with Crippen LogP contribution in [-0.2, 0) is 17.9 Å². The Hall–Kier alpha value is -2.64. The van der Waals surface area contributed by atoms with Crippen molar-refractivity contribution in [3.8, 4) is 0 Å². The molecule has 3 heterocycles. The van der Waals surface area contributed by atoms with Crippen LogP contribution in [0.25, 0.3) is 11.0 Å². The Bertz CT molecular complexity index is 915. The minimum absolute atomic E-state index is 0.0598. The van der Waals surface area contributed by atoms with Gasteiger partial charge in [-0.2, -0.15) is 0 Å². The normalized spacial score (nSPS) is 19.9. The van der Waals surface area contributed by atoms with Crippen molar-refractivity contribution in [3.05, 3.63) is 54.2 Å². The first-order chi connectivity index (χ1) is 12.6. The number of benzene rings is 1. The number of amides is 1. The van der Waals surface area contributed by atoms with Crippen LogP contribution in [0.3, 0.4) is 0 Å². The molecule has 0 saturated carbocycles. The van der Waals surface area contributed by atoms with Crippen LogP contribution < -0.4 is 10.9 Å². The number of nitrogens with zero attached hydrogens (tertiary/aromatic N) is 3. The maximum atomic E-state index is 12.7. The Morgan fingerprint density at radius 2 is 2.15 bits per heavy atom. The molecule has 136 valence electrons. The number of hydrazine groups is 1. The lowest BCUT2D eigenvalue weighted by Crippen LogP contribution is -2.44. The molecule has 0 aliphatic carbocycles. The lowest BCUT2D eigenvalue weighted by atomic mass is 10.1.